The van der Waals surface area contributed by atoms with Crippen molar-refractivity contribution in [3.63, 3.8) is 0 Å². The van der Waals surface area contributed by atoms with Gasteiger partial charge >= 0.3 is 0 Å². The Morgan fingerprint density at radius 1 is 0.372 bits per heavy atom. The van der Waals surface area contributed by atoms with E-state index in [9.17, 15) is 0 Å². The van der Waals surface area contributed by atoms with Crippen LogP contribution in [0.5, 0.6) is 0 Å². The maximum Gasteiger partial charge on any atom is 0.0704 e. The van der Waals surface area contributed by atoms with Crippen molar-refractivity contribution in [1.82, 2.24) is 29.9 Å². The van der Waals surface area contributed by atoms with Crippen molar-refractivity contribution in [2.45, 2.75) is 157 Å². The van der Waals surface area contributed by atoms with Crippen LogP contribution in [0, 0.1) is 6.07 Å². The summed E-state index contributed by atoms with van der Waals surface area (Å²) in [6.07, 6.45) is 10.2. The van der Waals surface area contributed by atoms with E-state index in [1.54, 1.807) is 0 Å². The number of fused-ring (bicyclic) bond motifs is 8. The van der Waals surface area contributed by atoms with Crippen LogP contribution in [0.15, 0.2) is 122 Å². The first kappa shape index (κ1) is 53.9. The molecule has 0 aliphatic carbocycles. The topological polar surface area (TPSA) is 79.8 Å². The molecule has 0 saturated heterocycles. The molecular formula is C72H77N6-3. The lowest BCUT2D eigenvalue weighted by atomic mass is 9.78. The first-order valence-corrected chi connectivity index (χ1v) is 27.8. The van der Waals surface area contributed by atoms with E-state index in [0.717, 1.165) is 89.5 Å². The number of nitrogens with zero attached hydrogens (tertiary/aromatic N) is 6. The van der Waals surface area contributed by atoms with Crippen molar-refractivity contribution in [2.75, 3.05) is 0 Å². The molecule has 0 N–H and O–H groups in total. The third-order valence-electron chi connectivity index (χ3n) is 15.3. The van der Waals surface area contributed by atoms with Gasteiger partial charge in [-0.25, -0.2) is 10.5 Å². The molecule has 2 aliphatic rings. The van der Waals surface area contributed by atoms with Gasteiger partial charge in [-0.1, -0.05) is 215 Å². The Morgan fingerprint density at radius 2 is 0.756 bits per heavy atom. The quantitative estimate of drug-likeness (QED) is 0.160. The molecule has 0 radical (unpaired) electrons. The van der Waals surface area contributed by atoms with Gasteiger partial charge in [-0.05, 0) is 141 Å². The SMILES string of the molecule is CC(C)(C)c1cc(-c2c3nc(c(-c4cc(C(C)(C)C)cc(C(C)(C)C)c4)c4ccc([n-]4)c(-c4cc(C(C)(C)C)cc(C(C)(C)C)c4)c4nc([c-]c5[n-]c2cc5-c2ccccn2)C(c2ccccn2)=C4)C=C3)cc(C(C)(C)C)c1. The molecule has 0 unspecified atom stereocenters. The van der Waals surface area contributed by atoms with Crippen LogP contribution in [0.3, 0.4) is 0 Å². The van der Waals surface area contributed by atoms with Crippen molar-refractivity contribution in [1.29, 1.82) is 0 Å². The third-order valence-corrected chi connectivity index (χ3v) is 15.3. The van der Waals surface area contributed by atoms with Crippen LogP contribution in [0.1, 0.15) is 186 Å². The second kappa shape index (κ2) is 19.2. The average Bonchev–Trinajstić information content (AvgIpc) is 4.30. The van der Waals surface area contributed by atoms with Crippen molar-refractivity contribution >= 4 is 45.9 Å². The van der Waals surface area contributed by atoms with Gasteiger partial charge in [-0.3, -0.25) is 15.0 Å². The largest absolute Gasteiger partial charge is 0.679 e. The summed E-state index contributed by atoms with van der Waals surface area (Å²) >= 11 is 0. The van der Waals surface area contributed by atoms with Gasteiger partial charge < -0.3 is 9.97 Å². The van der Waals surface area contributed by atoms with Gasteiger partial charge in [0.15, 0.2) is 0 Å². The summed E-state index contributed by atoms with van der Waals surface area (Å²) in [5.41, 5.74) is 22.0. The van der Waals surface area contributed by atoms with Crippen LogP contribution in [-0.2, 0) is 32.5 Å². The van der Waals surface area contributed by atoms with Crippen LogP contribution in [0.4, 0.5) is 0 Å². The molecule has 0 spiro atoms. The highest BCUT2D eigenvalue weighted by atomic mass is 14.8. The minimum Gasteiger partial charge on any atom is -0.679 e. The summed E-state index contributed by atoms with van der Waals surface area (Å²) in [6.45, 7) is 41.3. The van der Waals surface area contributed by atoms with E-state index in [2.05, 4.69) is 222 Å². The molecule has 5 aromatic heterocycles. The summed E-state index contributed by atoms with van der Waals surface area (Å²) in [4.78, 5) is 32.8. The highest BCUT2D eigenvalue weighted by Crippen LogP contribution is 2.44. The molecule has 8 aromatic rings. The van der Waals surface area contributed by atoms with Crippen LogP contribution < -0.4 is 9.97 Å². The van der Waals surface area contributed by atoms with E-state index in [0.29, 0.717) is 11.2 Å². The Hall–Kier alpha value is -7.44. The molecule has 0 fully saturated rings. The van der Waals surface area contributed by atoms with Gasteiger partial charge in [0, 0.05) is 23.8 Å². The molecular weight excluding hydrogens is 949 g/mol. The minimum absolute atomic E-state index is 0.134. The molecule has 8 bridgehead atoms. The molecule has 3 aromatic carbocycles. The molecule has 398 valence electrons. The van der Waals surface area contributed by atoms with E-state index >= 15 is 0 Å². The Labute approximate surface area is 464 Å². The molecule has 2 aliphatic heterocycles. The van der Waals surface area contributed by atoms with E-state index in [1.165, 1.54) is 33.4 Å². The van der Waals surface area contributed by atoms with E-state index in [1.807, 2.05) is 48.8 Å². The minimum atomic E-state index is -0.142. The van der Waals surface area contributed by atoms with Crippen molar-refractivity contribution in [3.05, 3.63) is 190 Å². The Bertz CT molecular complexity index is 3780. The molecule has 10 rings (SSSR count). The lowest BCUT2D eigenvalue weighted by molar-refractivity contribution is 0.568. The molecule has 6 heteroatoms. The van der Waals surface area contributed by atoms with E-state index < -0.39 is 0 Å². The van der Waals surface area contributed by atoms with Crippen molar-refractivity contribution < 1.29 is 0 Å². The Balaban J connectivity index is 1.47. The number of hydrogen-bond donors (Lipinski definition) is 0. The van der Waals surface area contributed by atoms with Crippen LogP contribution in [0.25, 0.3) is 90.5 Å². The normalized spacial score (nSPS) is 13.5. The second-order valence-corrected chi connectivity index (χ2v) is 27.8. The zero-order chi connectivity index (χ0) is 56.1. The van der Waals surface area contributed by atoms with Gasteiger partial charge in [-0.15, -0.1) is 28.2 Å². The lowest BCUT2D eigenvalue weighted by Crippen LogP contribution is -2.16. The predicted molar refractivity (Wildman–Crippen MR) is 330 cm³/mol. The first-order valence-electron chi connectivity index (χ1n) is 27.8. The summed E-state index contributed by atoms with van der Waals surface area (Å²) < 4.78 is 0. The number of benzene rings is 3. The first-order chi connectivity index (χ1) is 36.4. The molecule has 6 nitrogen and oxygen atoms in total. The molecule has 78 heavy (non-hydrogen) atoms. The van der Waals surface area contributed by atoms with Gasteiger partial charge in [-0.2, -0.15) is 6.07 Å². The van der Waals surface area contributed by atoms with E-state index in [4.69, 9.17) is 29.9 Å². The van der Waals surface area contributed by atoms with Crippen LogP contribution >= 0.6 is 0 Å². The van der Waals surface area contributed by atoms with Gasteiger partial charge in [0.1, 0.15) is 0 Å². The summed E-state index contributed by atoms with van der Waals surface area (Å²) in [5.74, 6) is 0. The smallest absolute Gasteiger partial charge is 0.0704 e. The summed E-state index contributed by atoms with van der Waals surface area (Å²) in [7, 11) is 0. The van der Waals surface area contributed by atoms with Gasteiger partial charge in [0.05, 0.1) is 17.1 Å². The Morgan fingerprint density at radius 3 is 1.14 bits per heavy atom. The maximum atomic E-state index is 5.79. The number of pyridine rings is 2. The maximum absolute atomic E-state index is 5.79. The summed E-state index contributed by atoms with van der Waals surface area (Å²) in [5, 5.41) is 0. The lowest BCUT2D eigenvalue weighted by Gasteiger charge is -2.27. The van der Waals surface area contributed by atoms with Crippen LogP contribution in [0.2, 0.25) is 0 Å². The third kappa shape index (κ3) is 10.8. The average molecular weight is 1030 g/mol. The monoisotopic (exact) mass is 1030 g/mol. The number of hydrogen-bond acceptors (Lipinski definition) is 4. The van der Waals surface area contributed by atoms with Crippen molar-refractivity contribution in [2.24, 2.45) is 0 Å². The second-order valence-electron chi connectivity index (χ2n) is 27.8. The zero-order valence-electron chi connectivity index (χ0n) is 49.5. The highest BCUT2D eigenvalue weighted by Gasteiger charge is 2.26. The molecule has 0 saturated carbocycles. The number of rotatable bonds is 5. The standard InChI is InChI=1S/C72H77N6/c1-67(2,3)46-31-43(32-47(37-46)68(4,5)6)64-56-25-27-58(75-56)65(44-33-48(69(7,8)9)38-49(34-44)70(10,11)12)62-40-52(54-23-19-21-29-73-54)60(77-62)42-61-53(55-24-20-22-30-74-55)41-63(78-61)66(59-28-26-57(64)76-59)45-35-50(71(13,14)15)39-51(36-45)72(16,17)18/h19-41H,1-18H3/q-3. The van der Waals surface area contributed by atoms with Gasteiger partial charge in [0.25, 0.3) is 0 Å². The zero-order valence-corrected chi connectivity index (χ0v) is 49.5. The van der Waals surface area contributed by atoms with Crippen molar-refractivity contribution in [3.8, 4) is 44.6 Å². The summed E-state index contributed by atoms with van der Waals surface area (Å²) in [6, 6.07) is 43.7. The number of aromatic nitrogens is 6. The highest BCUT2D eigenvalue weighted by molar-refractivity contribution is 6.02. The molecule has 0 amide bonds. The Kier molecular flexibility index (Phi) is 13.3. The van der Waals surface area contributed by atoms with E-state index in [-0.39, 0.29) is 32.5 Å². The fourth-order valence-electron chi connectivity index (χ4n) is 10.3. The predicted octanol–water partition coefficient (Wildman–Crippen LogP) is 18.4. The fraction of sp³-hybridized carbons (Fsp3) is 0.333. The van der Waals surface area contributed by atoms with Crippen LogP contribution in [-0.4, -0.2) is 19.9 Å². The van der Waals surface area contributed by atoms with Gasteiger partial charge in [0.2, 0.25) is 0 Å². The fourth-order valence-corrected chi connectivity index (χ4v) is 10.3. The molecule has 0 atom stereocenters. The molecule has 7 heterocycles.